The van der Waals surface area contributed by atoms with Crippen LogP contribution in [0, 0.1) is 18.3 Å². The van der Waals surface area contributed by atoms with Gasteiger partial charge in [0.15, 0.2) is 5.69 Å². The van der Waals surface area contributed by atoms with Crippen molar-refractivity contribution in [2.24, 2.45) is 0 Å². The Morgan fingerprint density at radius 1 is 1.25 bits per heavy atom. The van der Waals surface area contributed by atoms with Gasteiger partial charge in [-0.3, -0.25) is 4.40 Å². The molecule has 0 radical (unpaired) electrons. The Kier molecular flexibility index (Phi) is 2.88. The second kappa shape index (κ2) is 4.71. The molecule has 0 aliphatic carbocycles. The fourth-order valence-corrected chi connectivity index (χ4v) is 2.30. The lowest BCUT2D eigenvalue weighted by molar-refractivity contribution is 1.16. The monoisotopic (exact) mass is 262 g/mol. The molecule has 0 atom stereocenters. The van der Waals surface area contributed by atoms with Gasteiger partial charge >= 0.3 is 0 Å². The normalized spacial score (nSPS) is 10.4. The second-order valence-corrected chi connectivity index (χ2v) is 4.69. The highest BCUT2D eigenvalue weighted by Gasteiger charge is 2.12. The number of hydrogen-bond donors (Lipinski definition) is 1. The first kappa shape index (κ1) is 12.2. The topological polar surface area (TPSA) is 53.1 Å². The first-order valence-corrected chi connectivity index (χ1v) is 6.40. The Morgan fingerprint density at radius 3 is 2.80 bits per heavy atom. The molecule has 0 bridgehead atoms. The first-order valence-electron chi connectivity index (χ1n) is 6.40. The van der Waals surface area contributed by atoms with Crippen LogP contribution < -0.4 is 5.32 Å². The molecule has 4 heteroatoms. The summed E-state index contributed by atoms with van der Waals surface area (Å²) in [6.45, 7) is 2.05. The predicted molar refractivity (Wildman–Crippen MR) is 79.6 cm³/mol. The summed E-state index contributed by atoms with van der Waals surface area (Å²) in [7, 11) is 1.87. The van der Waals surface area contributed by atoms with Gasteiger partial charge in [0.25, 0.3) is 0 Å². The lowest BCUT2D eigenvalue weighted by Crippen LogP contribution is -1.94. The molecule has 0 spiro atoms. The van der Waals surface area contributed by atoms with Crippen molar-refractivity contribution in [1.29, 1.82) is 5.26 Å². The molecule has 1 aromatic carbocycles. The molecular weight excluding hydrogens is 248 g/mol. The third kappa shape index (κ3) is 1.90. The molecule has 0 unspecified atom stereocenters. The molecule has 2 aromatic heterocycles. The maximum absolute atomic E-state index is 9.24. The number of hydrogen-bond acceptors (Lipinski definition) is 3. The summed E-state index contributed by atoms with van der Waals surface area (Å²) in [4.78, 5) is 4.47. The molecule has 4 nitrogen and oxygen atoms in total. The minimum atomic E-state index is 0.448. The van der Waals surface area contributed by atoms with Crippen molar-refractivity contribution >= 4 is 11.2 Å². The molecule has 20 heavy (non-hydrogen) atoms. The maximum atomic E-state index is 9.24. The van der Waals surface area contributed by atoms with Gasteiger partial charge in [0.05, 0.1) is 11.2 Å². The number of imidazole rings is 1. The van der Waals surface area contributed by atoms with Crippen LogP contribution in [0.15, 0.2) is 42.6 Å². The van der Waals surface area contributed by atoms with Crippen LogP contribution in [0.5, 0.6) is 0 Å². The van der Waals surface area contributed by atoms with E-state index in [0.29, 0.717) is 5.69 Å². The van der Waals surface area contributed by atoms with Crippen LogP contribution in [-0.2, 0) is 0 Å². The number of nitriles is 1. The van der Waals surface area contributed by atoms with Gasteiger partial charge in [0.2, 0.25) is 0 Å². The van der Waals surface area contributed by atoms with Crippen molar-refractivity contribution in [1.82, 2.24) is 9.38 Å². The van der Waals surface area contributed by atoms with E-state index in [2.05, 4.69) is 22.4 Å². The number of rotatable bonds is 2. The van der Waals surface area contributed by atoms with Gasteiger partial charge in [-0.2, -0.15) is 5.26 Å². The van der Waals surface area contributed by atoms with Crippen molar-refractivity contribution < 1.29 is 0 Å². The molecule has 3 aromatic rings. The van der Waals surface area contributed by atoms with Gasteiger partial charge in [-0.1, -0.05) is 23.8 Å². The van der Waals surface area contributed by atoms with E-state index in [-0.39, 0.29) is 0 Å². The molecule has 3 rings (SSSR count). The average Bonchev–Trinajstić information content (AvgIpc) is 2.85. The summed E-state index contributed by atoms with van der Waals surface area (Å²) in [5.41, 5.74) is 4.43. The molecule has 0 fully saturated rings. The zero-order valence-electron chi connectivity index (χ0n) is 11.4. The average molecular weight is 262 g/mol. The third-order valence-corrected chi connectivity index (χ3v) is 3.31. The van der Waals surface area contributed by atoms with Crippen molar-refractivity contribution in [3.8, 4) is 17.5 Å². The molecule has 0 aliphatic rings. The van der Waals surface area contributed by atoms with Crippen LogP contribution in [0.3, 0.4) is 0 Å². The second-order valence-electron chi connectivity index (χ2n) is 4.69. The molecular formula is C16H14N4. The zero-order chi connectivity index (χ0) is 14.1. The summed E-state index contributed by atoms with van der Waals surface area (Å²) in [6, 6.07) is 14.1. The molecule has 2 heterocycles. The zero-order valence-corrected chi connectivity index (χ0v) is 11.4. The largest absolute Gasteiger partial charge is 0.387 e. The number of anilines is 1. The molecule has 1 N–H and O–H groups in total. The lowest BCUT2D eigenvalue weighted by atomic mass is 10.1. The van der Waals surface area contributed by atoms with E-state index >= 15 is 0 Å². The minimum absolute atomic E-state index is 0.448. The van der Waals surface area contributed by atoms with E-state index in [1.54, 1.807) is 0 Å². The van der Waals surface area contributed by atoms with Gasteiger partial charge in [-0.05, 0) is 25.1 Å². The lowest BCUT2D eigenvalue weighted by Gasteiger charge is -2.05. The fraction of sp³-hybridized carbons (Fsp3) is 0.125. The molecule has 0 amide bonds. The van der Waals surface area contributed by atoms with E-state index in [4.69, 9.17) is 0 Å². The quantitative estimate of drug-likeness (QED) is 0.771. The van der Waals surface area contributed by atoms with Crippen molar-refractivity contribution in [2.75, 3.05) is 12.4 Å². The van der Waals surface area contributed by atoms with Gasteiger partial charge in [-0.15, -0.1) is 0 Å². The summed E-state index contributed by atoms with van der Waals surface area (Å²) in [5.74, 6) is 0.789. The van der Waals surface area contributed by atoms with Crippen LogP contribution in [0.25, 0.3) is 16.9 Å². The highest BCUT2D eigenvalue weighted by Crippen LogP contribution is 2.24. The summed E-state index contributed by atoms with van der Waals surface area (Å²) in [6.07, 6.45) is 1.96. The summed E-state index contributed by atoms with van der Waals surface area (Å²) in [5, 5.41) is 12.3. The minimum Gasteiger partial charge on any atom is -0.387 e. The van der Waals surface area contributed by atoms with E-state index in [1.165, 1.54) is 5.56 Å². The van der Waals surface area contributed by atoms with Crippen molar-refractivity contribution in [2.45, 2.75) is 6.92 Å². The van der Waals surface area contributed by atoms with E-state index in [0.717, 1.165) is 22.6 Å². The first-order chi connectivity index (χ1) is 9.72. The van der Waals surface area contributed by atoms with Crippen LogP contribution in [0.1, 0.15) is 11.3 Å². The number of aryl methyl sites for hydroxylation is 1. The summed E-state index contributed by atoms with van der Waals surface area (Å²) >= 11 is 0. The predicted octanol–water partition coefficient (Wildman–Crippen LogP) is 3.22. The maximum Gasteiger partial charge on any atom is 0.166 e. The van der Waals surface area contributed by atoms with Gasteiger partial charge in [-0.25, -0.2) is 4.98 Å². The van der Waals surface area contributed by atoms with Gasteiger partial charge in [0, 0.05) is 18.8 Å². The number of nitrogens with zero attached hydrogens (tertiary/aromatic N) is 3. The molecule has 0 saturated heterocycles. The van der Waals surface area contributed by atoms with Crippen LogP contribution >= 0.6 is 0 Å². The number of pyridine rings is 1. The number of nitrogens with one attached hydrogen (secondary N) is 1. The fourth-order valence-electron chi connectivity index (χ4n) is 2.30. The van der Waals surface area contributed by atoms with Gasteiger partial charge in [0.1, 0.15) is 11.9 Å². The Morgan fingerprint density at radius 2 is 2.10 bits per heavy atom. The Balaban J connectivity index is 2.32. The van der Waals surface area contributed by atoms with Crippen molar-refractivity contribution in [3.05, 3.63) is 53.9 Å². The number of aromatic nitrogens is 2. The molecule has 0 aliphatic heterocycles. The van der Waals surface area contributed by atoms with E-state index in [9.17, 15) is 5.26 Å². The van der Waals surface area contributed by atoms with Crippen molar-refractivity contribution in [3.63, 3.8) is 0 Å². The standard InChI is InChI=1S/C16H14N4/c1-11-4-3-5-12(8-11)16-19-14(9-17)15-7-6-13(18-2)10-20(15)16/h3-8,10,18H,1-2H3. The Hall–Kier alpha value is -2.80. The van der Waals surface area contributed by atoms with Crippen LogP contribution in [-0.4, -0.2) is 16.4 Å². The SMILES string of the molecule is CNc1ccc2c(C#N)nc(-c3cccc(C)c3)n2c1. The summed E-state index contributed by atoms with van der Waals surface area (Å²) < 4.78 is 1.96. The van der Waals surface area contributed by atoms with E-state index in [1.807, 2.05) is 54.9 Å². The van der Waals surface area contributed by atoms with E-state index < -0.39 is 0 Å². The molecule has 98 valence electrons. The van der Waals surface area contributed by atoms with Crippen LogP contribution in [0.4, 0.5) is 5.69 Å². The highest BCUT2D eigenvalue weighted by atomic mass is 15.0. The van der Waals surface area contributed by atoms with Gasteiger partial charge < -0.3 is 5.32 Å². The number of fused-ring (bicyclic) bond motifs is 1. The Bertz CT molecular complexity index is 824. The highest BCUT2D eigenvalue weighted by molar-refractivity contribution is 5.70. The third-order valence-electron chi connectivity index (χ3n) is 3.31. The molecule has 0 saturated carbocycles. The van der Waals surface area contributed by atoms with Crippen LogP contribution in [0.2, 0.25) is 0 Å². The Labute approximate surface area is 117 Å². The smallest absolute Gasteiger partial charge is 0.166 e. The number of benzene rings is 1.